The number of hydrogen-bond acceptors (Lipinski definition) is 3. The first-order chi connectivity index (χ1) is 10.6. The van der Waals surface area contributed by atoms with Crippen molar-refractivity contribution in [3.8, 4) is 0 Å². The Morgan fingerprint density at radius 2 is 1.55 bits per heavy atom. The molecule has 0 aliphatic carbocycles. The van der Waals surface area contributed by atoms with Crippen molar-refractivity contribution in [3.63, 3.8) is 0 Å². The largest absolute Gasteiger partial charge is 0.356 e. The van der Waals surface area contributed by atoms with Crippen LogP contribution in [0.4, 0.5) is 11.4 Å². The number of allylic oxidation sites excluding steroid dienone is 1. The van der Waals surface area contributed by atoms with Crippen molar-refractivity contribution in [3.05, 3.63) is 71.9 Å². The van der Waals surface area contributed by atoms with E-state index >= 15 is 0 Å². The second-order valence-corrected chi connectivity index (χ2v) is 5.21. The second-order valence-electron chi connectivity index (χ2n) is 5.21. The van der Waals surface area contributed by atoms with Crippen molar-refractivity contribution in [2.75, 3.05) is 10.6 Å². The average Bonchev–Trinajstić information content (AvgIpc) is 2.63. The topological polar surface area (TPSA) is 58.2 Å². The number of hydrogen-bond donors (Lipinski definition) is 2. The standard InChI is InChI=1S/C18H16N2O2/c1-12(21)11-16-17(13-7-3-2-4-8-13)18(22)20-15-10-6-5-9-14(15)19-16/h2-11,17,19H,1H3,(H,20,22)/b16-11+/t17-/m1/s1. The minimum Gasteiger partial charge on any atom is -0.356 e. The highest BCUT2D eigenvalue weighted by Gasteiger charge is 2.29. The van der Waals surface area contributed by atoms with Gasteiger partial charge in [-0.2, -0.15) is 0 Å². The summed E-state index contributed by atoms with van der Waals surface area (Å²) in [6.07, 6.45) is 1.49. The highest BCUT2D eigenvalue weighted by Crippen LogP contribution is 2.34. The van der Waals surface area contributed by atoms with Crippen LogP contribution in [0.5, 0.6) is 0 Å². The maximum atomic E-state index is 12.7. The van der Waals surface area contributed by atoms with Crippen LogP contribution in [0.1, 0.15) is 18.4 Å². The van der Waals surface area contributed by atoms with E-state index in [-0.39, 0.29) is 11.7 Å². The molecule has 0 spiro atoms. The van der Waals surface area contributed by atoms with Crippen LogP contribution in [-0.4, -0.2) is 11.7 Å². The fourth-order valence-electron chi connectivity index (χ4n) is 2.59. The molecule has 1 heterocycles. The summed E-state index contributed by atoms with van der Waals surface area (Å²) >= 11 is 0. The second kappa shape index (κ2) is 5.85. The molecule has 0 saturated heterocycles. The molecule has 0 unspecified atom stereocenters. The van der Waals surface area contributed by atoms with E-state index in [1.54, 1.807) is 0 Å². The molecule has 4 nitrogen and oxygen atoms in total. The third-order valence-electron chi connectivity index (χ3n) is 3.53. The van der Waals surface area contributed by atoms with E-state index in [2.05, 4.69) is 10.6 Å². The molecule has 3 rings (SSSR count). The molecule has 0 radical (unpaired) electrons. The molecule has 110 valence electrons. The number of carbonyl (C=O) groups is 2. The van der Waals surface area contributed by atoms with Crippen molar-refractivity contribution in [2.45, 2.75) is 12.8 Å². The summed E-state index contributed by atoms with van der Waals surface area (Å²) in [7, 11) is 0. The van der Waals surface area contributed by atoms with Gasteiger partial charge in [0, 0.05) is 11.8 Å². The van der Waals surface area contributed by atoms with Crippen molar-refractivity contribution >= 4 is 23.1 Å². The van der Waals surface area contributed by atoms with Gasteiger partial charge in [-0.3, -0.25) is 9.59 Å². The molecule has 0 saturated carbocycles. The Balaban J connectivity index is 2.12. The average molecular weight is 292 g/mol. The predicted octanol–water partition coefficient (Wildman–Crippen LogP) is 3.31. The molecule has 22 heavy (non-hydrogen) atoms. The smallest absolute Gasteiger partial charge is 0.237 e. The lowest BCUT2D eigenvalue weighted by Gasteiger charge is -2.17. The quantitative estimate of drug-likeness (QED) is 0.835. The number of benzene rings is 2. The Labute approximate surface area is 128 Å². The van der Waals surface area contributed by atoms with Crippen LogP contribution in [0.2, 0.25) is 0 Å². The van der Waals surface area contributed by atoms with Gasteiger partial charge >= 0.3 is 0 Å². The molecule has 0 aromatic heterocycles. The maximum Gasteiger partial charge on any atom is 0.237 e. The monoisotopic (exact) mass is 292 g/mol. The number of para-hydroxylation sites is 2. The molecule has 1 atom stereocenters. The van der Waals surface area contributed by atoms with Gasteiger partial charge in [-0.25, -0.2) is 0 Å². The zero-order chi connectivity index (χ0) is 15.5. The van der Waals surface area contributed by atoms with E-state index in [1.165, 1.54) is 13.0 Å². The zero-order valence-electron chi connectivity index (χ0n) is 12.2. The fourth-order valence-corrected chi connectivity index (χ4v) is 2.59. The summed E-state index contributed by atoms with van der Waals surface area (Å²) in [5, 5.41) is 6.15. The Morgan fingerprint density at radius 3 is 2.18 bits per heavy atom. The van der Waals surface area contributed by atoms with Crippen molar-refractivity contribution in [1.82, 2.24) is 0 Å². The first-order valence-corrected chi connectivity index (χ1v) is 7.09. The number of amides is 1. The lowest BCUT2D eigenvalue weighted by atomic mass is 9.94. The van der Waals surface area contributed by atoms with Crippen LogP contribution in [0.15, 0.2) is 66.4 Å². The van der Waals surface area contributed by atoms with Crippen LogP contribution in [0.25, 0.3) is 0 Å². The van der Waals surface area contributed by atoms with Gasteiger partial charge in [0.25, 0.3) is 0 Å². The summed E-state index contributed by atoms with van der Waals surface area (Å²) in [5.74, 6) is -0.802. The Morgan fingerprint density at radius 1 is 0.955 bits per heavy atom. The number of rotatable bonds is 2. The molecule has 0 bridgehead atoms. The molecule has 2 N–H and O–H groups in total. The number of fused-ring (bicyclic) bond motifs is 1. The fraction of sp³-hybridized carbons (Fsp3) is 0.111. The third kappa shape index (κ3) is 2.76. The number of nitrogens with one attached hydrogen (secondary N) is 2. The summed E-state index contributed by atoms with van der Waals surface area (Å²) in [4.78, 5) is 24.2. The van der Waals surface area contributed by atoms with Gasteiger partial charge in [-0.15, -0.1) is 0 Å². The van der Waals surface area contributed by atoms with Gasteiger partial charge < -0.3 is 10.6 Å². The number of ketones is 1. The SMILES string of the molecule is CC(=O)/C=C1/Nc2ccccc2NC(=O)[C@@H]1c1ccccc1. The van der Waals surface area contributed by atoms with Crippen LogP contribution in [-0.2, 0) is 9.59 Å². The van der Waals surface area contributed by atoms with E-state index in [0.29, 0.717) is 11.4 Å². The highest BCUT2D eigenvalue weighted by atomic mass is 16.2. The van der Waals surface area contributed by atoms with Gasteiger partial charge in [0.15, 0.2) is 5.78 Å². The van der Waals surface area contributed by atoms with E-state index in [4.69, 9.17) is 0 Å². The molecular formula is C18H16N2O2. The Bertz CT molecular complexity index is 751. The lowest BCUT2D eigenvalue weighted by molar-refractivity contribution is -0.116. The molecule has 1 amide bonds. The molecule has 2 aromatic rings. The van der Waals surface area contributed by atoms with E-state index in [1.807, 2.05) is 54.6 Å². The Kier molecular flexibility index (Phi) is 3.74. The maximum absolute atomic E-state index is 12.7. The Hall–Kier alpha value is -2.88. The van der Waals surface area contributed by atoms with E-state index in [9.17, 15) is 9.59 Å². The number of anilines is 2. The van der Waals surface area contributed by atoms with Crippen LogP contribution >= 0.6 is 0 Å². The molecule has 4 heteroatoms. The summed E-state index contributed by atoms with van der Waals surface area (Å²) < 4.78 is 0. The zero-order valence-corrected chi connectivity index (χ0v) is 12.2. The minimum atomic E-state index is -0.544. The highest BCUT2D eigenvalue weighted by molar-refractivity contribution is 6.04. The summed E-state index contributed by atoms with van der Waals surface area (Å²) in [6.45, 7) is 1.48. The van der Waals surface area contributed by atoms with Gasteiger partial charge in [0.2, 0.25) is 5.91 Å². The molecular weight excluding hydrogens is 276 g/mol. The van der Waals surface area contributed by atoms with Crippen molar-refractivity contribution in [1.29, 1.82) is 0 Å². The summed E-state index contributed by atoms with van der Waals surface area (Å²) in [6, 6.07) is 16.9. The van der Waals surface area contributed by atoms with E-state index in [0.717, 1.165) is 11.3 Å². The van der Waals surface area contributed by atoms with E-state index < -0.39 is 5.92 Å². The van der Waals surface area contributed by atoms with Gasteiger partial charge in [0.1, 0.15) is 5.92 Å². The van der Waals surface area contributed by atoms with Gasteiger partial charge in [-0.05, 0) is 24.6 Å². The van der Waals surface area contributed by atoms with Crippen LogP contribution < -0.4 is 10.6 Å². The lowest BCUT2D eigenvalue weighted by Crippen LogP contribution is -2.23. The third-order valence-corrected chi connectivity index (χ3v) is 3.53. The van der Waals surface area contributed by atoms with Crippen molar-refractivity contribution < 1.29 is 9.59 Å². The van der Waals surface area contributed by atoms with Crippen LogP contribution in [0, 0.1) is 0 Å². The first-order valence-electron chi connectivity index (χ1n) is 7.09. The molecule has 2 aromatic carbocycles. The predicted molar refractivity (Wildman–Crippen MR) is 86.6 cm³/mol. The van der Waals surface area contributed by atoms with Crippen molar-refractivity contribution in [2.24, 2.45) is 0 Å². The molecule has 1 aliphatic rings. The normalized spacial score (nSPS) is 18.9. The van der Waals surface area contributed by atoms with Gasteiger partial charge in [-0.1, -0.05) is 42.5 Å². The first kappa shape index (κ1) is 14.1. The number of carbonyl (C=O) groups excluding carboxylic acids is 2. The summed E-state index contributed by atoms with van der Waals surface area (Å²) in [5.41, 5.74) is 2.91. The minimum absolute atomic E-state index is 0.101. The molecule has 1 aliphatic heterocycles. The van der Waals surface area contributed by atoms with Crippen LogP contribution in [0.3, 0.4) is 0 Å². The molecule has 0 fully saturated rings. The van der Waals surface area contributed by atoms with Gasteiger partial charge in [0.05, 0.1) is 11.4 Å².